The fraction of sp³-hybridized carbons (Fsp3) is 0.364. The Morgan fingerprint density at radius 1 is 1.20 bits per heavy atom. The highest BCUT2D eigenvalue weighted by atomic mass is 32.2. The van der Waals surface area contributed by atoms with Crippen LogP contribution < -0.4 is 5.01 Å². The van der Waals surface area contributed by atoms with Crippen LogP contribution in [0, 0.1) is 0 Å². The number of hydrogen-bond acceptors (Lipinski definition) is 3. The fourth-order valence-corrected chi connectivity index (χ4v) is 3.47. The zero-order valence-electron chi connectivity index (χ0n) is 9.10. The van der Waals surface area contributed by atoms with Gasteiger partial charge in [0.2, 0.25) is 0 Å². The van der Waals surface area contributed by atoms with Crippen LogP contribution in [-0.4, -0.2) is 21.2 Å². The summed E-state index contributed by atoms with van der Waals surface area (Å²) in [6.07, 6.45) is 0. The van der Waals surface area contributed by atoms with Crippen LogP contribution in [-0.2, 0) is 0 Å². The van der Waals surface area contributed by atoms with Crippen molar-refractivity contribution in [3.8, 4) is 0 Å². The molecule has 0 amide bonds. The monoisotopic (exact) mass is 238 g/mol. The first-order chi connectivity index (χ1) is 7.02. The van der Waals surface area contributed by atoms with Gasteiger partial charge in [0.15, 0.2) is 4.32 Å². The molecule has 0 N–H and O–H groups in total. The van der Waals surface area contributed by atoms with Crippen LogP contribution in [0.4, 0.5) is 5.69 Å². The summed E-state index contributed by atoms with van der Waals surface area (Å²) in [5, 5.41) is 4.26. The molecular weight excluding hydrogens is 224 g/mol. The molecule has 2 rings (SSSR count). The van der Waals surface area contributed by atoms with Gasteiger partial charge in [-0.3, -0.25) is 10.0 Å². The molecule has 0 aliphatic carbocycles. The first kappa shape index (κ1) is 10.8. The van der Waals surface area contributed by atoms with Crippen molar-refractivity contribution in [1.29, 1.82) is 0 Å². The molecule has 0 unspecified atom stereocenters. The number of nitrogens with zero attached hydrogens (tertiary/aromatic N) is 2. The smallest absolute Gasteiger partial charge is 0.157 e. The molecule has 1 aliphatic rings. The molecule has 1 aromatic carbocycles. The Morgan fingerprint density at radius 2 is 1.80 bits per heavy atom. The van der Waals surface area contributed by atoms with Gasteiger partial charge in [-0.25, -0.2) is 0 Å². The molecule has 1 aromatic rings. The summed E-state index contributed by atoms with van der Waals surface area (Å²) in [6, 6.07) is 10.3. The van der Waals surface area contributed by atoms with Gasteiger partial charge in [-0.15, -0.1) is 0 Å². The lowest BCUT2D eigenvalue weighted by Crippen LogP contribution is -2.44. The minimum Gasteiger partial charge on any atom is -0.271 e. The molecule has 0 radical (unpaired) electrons. The summed E-state index contributed by atoms with van der Waals surface area (Å²) in [5.41, 5.74) is 1.18. The number of rotatable bonds is 1. The summed E-state index contributed by atoms with van der Waals surface area (Å²) in [5.74, 6) is 0. The third-order valence-electron chi connectivity index (χ3n) is 2.41. The molecule has 15 heavy (non-hydrogen) atoms. The molecular formula is C11H14N2S2. The van der Waals surface area contributed by atoms with Gasteiger partial charge in [-0.05, 0) is 26.0 Å². The number of hydrazine groups is 1. The minimum absolute atomic E-state index is 0.00676. The third kappa shape index (κ3) is 1.84. The summed E-state index contributed by atoms with van der Waals surface area (Å²) >= 11 is 7.03. The largest absolute Gasteiger partial charge is 0.271 e. The first-order valence-electron chi connectivity index (χ1n) is 4.84. The second-order valence-corrected chi connectivity index (χ2v) is 6.22. The van der Waals surface area contributed by atoms with Crippen LogP contribution in [0.2, 0.25) is 0 Å². The fourth-order valence-electron chi connectivity index (χ4n) is 1.82. The van der Waals surface area contributed by atoms with Crippen LogP contribution in [0.1, 0.15) is 13.8 Å². The van der Waals surface area contributed by atoms with Crippen LogP contribution in [0.15, 0.2) is 30.3 Å². The highest BCUT2D eigenvalue weighted by Crippen LogP contribution is 2.41. The van der Waals surface area contributed by atoms with E-state index < -0.39 is 0 Å². The molecule has 4 heteroatoms. The van der Waals surface area contributed by atoms with E-state index in [0.717, 1.165) is 4.32 Å². The molecule has 0 aromatic heterocycles. The Balaban J connectivity index is 2.40. The SMILES string of the molecule is CN1C(=S)SC(C)(C)N1c1ccccc1. The van der Waals surface area contributed by atoms with Crippen LogP contribution in [0.3, 0.4) is 0 Å². The molecule has 1 heterocycles. The van der Waals surface area contributed by atoms with E-state index in [-0.39, 0.29) is 4.87 Å². The van der Waals surface area contributed by atoms with Gasteiger partial charge >= 0.3 is 0 Å². The summed E-state index contributed by atoms with van der Waals surface area (Å²) in [4.78, 5) is -0.00676. The summed E-state index contributed by atoms with van der Waals surface area (Å²) in [7, 11) is 2.01. The standard InChI is InChI=1S/C11H14N2S2/c1-11(2)13(12(3)10(14)15-11)9-7-5-4-6-8-9/h4-8H,1-3H3. The minimum atomic E-state index is -0.00676. The number of thiocarbonyl (C=S) groups is 1. The van der Waals surface area contributed by atoms with E-state index in [1.165, 1.54) is 5.69 Å². The summed E-state index contributed by atoms with van der Waals surface area (Å²) in [6.45, 7) is 4.36. The molecule has 0 spiro atoms. The van der Waals surface area contributed by atoms with E-state index in [0.29, 0.717) is 0 Å². The van der Waals surface area contributed by atoms with E-state index in [1.807, 2.05) is 30.3 Å². The Hall–Kier alpha value is -0.740. The van der Waals surface area contributed by atoms with Gasteiger partial charge in [0.05, 0.1) is 5.69 Å². The van der Waals surface area contributed by atoms with Crippen molar-refractivity contribution in [3.63, 3.8) is 0 Å². The Bertz CT molecular complexity index is 375. The first-order valence-corrected chi connectivity index (χ1v) is 6.07. The van der Waals surface area contributed by atoms with Gasteiger partial charge in [0, 0.05) is 7.05 Å². The van der Waals surface area contributed by atoms with Gasteiger partial charge in [0.1, 0.15) is 4.87 Å². The predicted molar refractivity (Wildman–Crippen MR) is 71.0 cm³/mol. The normalized spacial score (nSPS) is 19.8. The molecule has 0 bridgehead atoms. The highest BCUT2D eigenvalue weighted by Gasteiger charge is 2.40. The highest BCUT2D eigenvalue weighted by molar-refractivity contribution is 8.24. The number of hydrogen-bond donors (Lipinski definition) is 0. The second-order valence-electron chi connectivity index (χ2n) is 3.99. The van der Waals surface area contributed by atoms with Crippen molar-refractivity contribution in [2.24, 2.45) is 0 Å². The molecule has 1 saturated heterocycles. The van der Waals surface area contributed by atoms with Crippen molar-refractivity contribution in [2.75, 3.05) is 12.1 Å². The van der Waals surface area contributed by atoms with Crippen molar-refractivity contribution in [1.82, 2.24) is 5.01 Å². The maximum atomic E-state index is 5.31. The van der Waals surface area contributed by atoms with E-state index in [4.69, 9.17) is 12.2 Å². The van der Waals surface area contributed by atoms with Crippen molar-refractivity contribution in [3.05, 3.63) is 30.3 Å². The molecule has 1 aliphatic heterocycles. The average molecular weight is 238 g/mol. The molecule has 1 fully saturated rings. The number of para-hydroxylation sites is 1. The van der Waals surface area contributed by atoms with Crippen molar-refractivity contribution >= 4 is 34.0 Å². The second kappa shape index (κ2) is 3.68. The van der Waals surface area contributed by atoms with Crippen molar-refractivity contribution < 1.29 is 0 Å². The number of benzene rings is 1. The maximum absolute atomic E-state index is 5.31. The topological polar surface area (TPSA) is 6.48 Å². The van der Waals surface area contributed by atoms with Gasteiger partial charge in [0.25, 0.3) is 0 Å². The lowest BCUT2D eigenvalue weighted by Gasteiger charge is -2.35. The van der Waals surface area contributed by atoms with Crippen LogP contribution in [0.5, 0.6) is 0 Å². The van der Waals surface area contributed by atoms with Crippen LogP contribution >= 0.6 is 24.0 Å². The Labute approximate surface area is 100 Å². The zero-order valence-corrected chi connectivity index (χ0v) is 10.7. The molecule has 0 saturated carbocycles. The van der Waals surface area contributed by atoms with E-state index >= 15 is 0 Å². The lowest BCUT2D eigenvalue weighted by molar-refractivity contribution is 0.423. The van der Waals surface area contributed by atoms with E-state index in [9.17, 15) is 0 Å². The van der Waals surface area contributed by atoms with E-state index in [2.05, 4.69) is 31.0 Å². The van der Waals surface area contributed by atoms with Gasteiger partial charge in [-0.2, -0.15) is 0 Å². The third-order valence-corrected chi connectivity index (χ3v) is 4.04. The maximum Gasteiger partial charge on any atom is 0.157 e. The van der Waals surface area contributed by atoms with E-state index in [1.54, 1.807) is 11.8 Å². The quantitative estimate of drug-likeness (QED) is 0.693. The summed E-state index contributed by atoms with van der Waals surface area (Å²) < 4.78 is 0.920. The Morgan fingerprint density at radius 3 is 2.27 bits per heavy atom. The predicted octanol–water partition coefficient (Wildman–Crippen LogP) is 3.11. The molecule has 2 nitrogen and oxygen atoms in total. The number of anilines is 1. The molecule has 80 valence electrons. The lowest BCUT2D eigenvalue weighted by atomic mass is 10.2. The molecule has 0 atom stereocenters. The van der Waals surface area contributed by atoms with Gasteiger partial charge < -0.3 is 0 Å². The van der Waals surface area contributed by atoms with Crippen LogP contribution in [0.25, 0.3) is 0 Å². The number of thioether (sulfide) groups is 1. The van der Waals surface area contributed by atoms with Crippen molar-refractivity contribution in [2.45, 2.75) is 18.7 Å². The Kier molecular flexibility index (Phi) is 2.64. The average Bonchev–Trinajstić information content (AvgIpc) is 2.37. The zero-order chi connectivity index (χ0) is 11.1. The van der Waals surface area contributed by atoms with Gasteiger partial charge in [-0.1, -0.05) is 42.2 Å².